The molecule has 0 bridgehead atoms. The molecule has 3 heteroatoms. The van der Waals surface area contributed by atoms with Crippen molar-refractivity contribution >= 4 is 0 Å². The van der Waals surface area contributed by atoms with Gasteiger partial charge < -0.3 is 15.2 Å². The Morgan fingerprint density at radius 2 is 1.75 bits per heavy atom. The zero-order valence-corrected chi connectivity index (χ0v) is 12.3. The molecule has 3 nitrogen and oxygen atoms in total. The fraction of sp³-hybridized carbons (Fsp3) is 0.294. The van der Waals surface area contributed by atoms with Crippen molar-refractivity contribution in [2.45, 2.75) is 27.0 Å². The van der Waals surface area contributed by atoms with Crippen molar-refractivity contribution in [2.24, 2.45) is 5.73 Å². The molecule has 0 aliphatic heterocycles. The third-order valence-corrected chi connectivity index (χ3v) is 3.16. The molecule has 2 aromatic rings. The fourth-order valence-electron chi connectivity index (χ4n) is 2.35. The number of methoxy groups -OCH3 is 1. The van der Waals surface area contributed by atoms with Crippen molar-refractivity contribution in [1.29, 1.82) is 0 Å². The topological polar surface area (TPSA) is 44.5 Å². The first-order valence-electron chi connectivity index (χ1n) is 6.70. The molecule has 2 rings (SSSR count). The van der Waals surface area contributed by atoms with E-state index in [4.69, 9.17) is 15.2 Å². The summed E-state index contributed by atoms with van der Waals surface area (Å²) >= 11 is 0. The lowest BCUT2D eigenvalue weighted by atomic mass is 10.1. The van der Waals surface area contributed by atoms with Crippen molar-refractivity contribution < 1.29 is 9.47 Å². The van der Waals surface area contributed by atoms with Crippen LogP contribution in [0, 0.1) is 13.8 Å². The normalized spacial score (nSPS) is 10.4. The first kappa shape index (κ1) is 14.4. The Kier molecular flexibility index (Phi) is 4.64. The average molecular weight is 271 g/mol. The summed E-state index contributed by atoms with van der Waals surface area (Å²) in [5, 5.41) is 0. The van der Waals surface area contributed by atoms with Gasteiger partial charge in [0.25, 0.3) is 0 Å². The van der Waals surface area contributed by atoms with E-state index < -0.39 is 0 Å². The van der Waals surface area contributed by atoms with E-state index in [9.17, 15) is 0 Å². The molecule has 0 heterocycles. The van der Waals surface area contributed by atoms with Crippen LogP contribution in [0.3, 0.4) is 0 Å². The Morgan fingerprint density at radius 3 is 2.35 bits per heavy atom. The number of para-hydroxylation sites is 1. The molecule has 0 unspecified atom stereocenters. The molecule has 0 aliphatic rings. The summed E-state index contributed by atoms with van der Waals surface area (Å²) in [6, 6.07) is 12.2. The van der Waals surface area contributed by atoms with Crippen LogP contribution in [0.2, 0.25) is 0 Å². The summed E-state index contributed by atoms with van der Waals surface area (Å²) in [6.45, 7) is 5.12. The summed E-state index contributed by atoms with van der Waals surface area (Å²) < 4.78 is 11.3. The highest BCUT2D eigenvalue weighted by atomic mass is 16.5. The minimum atomic E-state index is 0.430. The lowest BCUT2D eigenvalue weighted by molar-refractivity contribution is 0.281. The van der Waals surface area contributed by atoms with Crippen molar-refractivity contribution in [3.8, 4) is 11.5 Å². The molecule has 106 valence electrons. The molecular formula is C17H21NO2. The maximum absolute atomic E-state index is 5.94. The first-order valence-corrected chi connectivity index (χ1v) is 6.70. The number of benzene rings is 2. The van der Waals surface area contributed by atoms with E-state index in [1.807, 2.05) is 18.2 Å². The zero-order chi connectivity index (χ0) is 14.5. The molecule has 0 atom stereocenters. The highest BCUT2D eigenvalue weighted by molar-refractivity contribution is 5.46. The second-order valence-electron chi connectivity index (χ2n) is 4.94. The molecule has 20 heavy (non-hydrogen) atoms. The Balaban J connectivity index is 2.22. The van der Waals surface area contributed by atoms with Gasteiger partial charge in [0.2, 0.25) is 0 Å². The second kappa shape index (κ2) is 6.44. The summed E-state index contributed by atoms with van der Waals surface area (Å²) in [5.41, 5.74) is 10.3. The van der Waals surface area contributed by atoms with E-state index in [1.165, 1.54) is 11.1 Å². The largest absolute Gasteiger partial charge is 0.493 e. The molecule has 0 saturated carbocycles. The van der Waals surface area contributed by atoms with Crippen LogP contribution in [0.5, 0.6) is 11.5 Å². The molecule has 0 amide bonds. The molecular weight excluding hydrogens is 250 g/mol. The molecule has 0 fully saturated rings. The quantitative estimate of drug-likeness (QED) is 0.907. The summed E-state index contributed by atoms with van der Waals surface area (Å²) in [6.07, 6.45) is 0. The third-order valence-electron chi connectivity index (χ3n) is 3.16. The summed E-state index contributed by atoms with van der Waals surface area (Å²) in [4.78, 5) is 0. The second-order valence-corrected chi connectivity index (χ2v) is 4.94. The highest BCUT2D eigenvalue weighted by Crippen LogP contribution is 2.31. The summed E-state index contributed by atoms with van der Waals surface area (Å²) in [5.74, 6) is 1.45. The van der Waals surface area contributed by atoms with Crippen LogP contribution >= 0.6 is 0 Å². The molecule has 0 radical (unpaired) electrons. The highest BCUT2D eigenvalue weighted by Gasteiger charge is 2.09. The number of aryl methyl sites for hydroxylation is 2. The van der Waals surface area contributed by atoms with Gasteiger partial charge >= 0.3 is 0 Å². The molecule has 0 aliphatic carbocycles. The van der Waals surface area contributed by atoms with Crippen LogP contribution in [0.1, 0.15) is 22.3 Å². The van der Waals surface area contributed by atoms with Crippen LogP contribution in [-0.4, -0.2) is 7.11 Å². The number of ether oxygens (including phenoxy) is 2. The Hall–Kier alpha value is -2.00. The molecule has 2 N–H and O–H groups in total. The predicted molar refractivity (Wildman–Crippen MR) is 81.1 cm³/mol. The predicted octanol–water partition coefficient (Wildman–Crippen LogP) is 3.35. The van der Waals surface area contributed by atoms with Gasteiger partial charge in [0.05, 0.1) is 7.11 Å². The van der Waals surface area contributed by atoms with E-state index in [2.05, 4.69) is 32.0 Å². The number of rotatable bonds is 5. The van der Waals surface area contributed by atoms with Crippen LogP contribution in [0.4, 0.5) is 0 Å². The molecule has 2 aromatic carbocycles. The summed E-state index contributed by atoms with van der Waals surface area (Å²) in [7, 11) is 1.64. The first-order chi connectivity index (χ1) is 9.63. The minimum Gasteiger partial charge on any atom is -0.493 e. The van der Waals surface area contributed by atoms with Crippen molar-refractivity contribution in [3.63, 3.8) is 0 Å². The minimum absolute atomic E-state index is 0.430. The van der Waals surface area contributed by atoms with Gasteiger partial charge in [-0.3, -0.25) is 0 Å². The van der Waals surface area contributed by atoms with Crippen molar-refractivity contribution in [2.75, 3.05) is 7.11 Å². The van der Waals surface area contributed by atoms with Crippen LogP contribution < -0.4 is 15.2 Å². The fourth-order valence-corrected chi connectivity index (χ4v) is 2.35. The van der Waals surface area contributed by atoms with Gasteiger partial charge in [0, 0.05) is 12.1 Å². The van der Waals surface area contributed by atoms with Crippen LogP contribution in [-0.2, 0) is 13.2 Å². The van der Waals surface area contributed by atoms with Gasteiger partial charge in [-0.25, -0.2) is 0 Å². The van der Waals surface area contributed by atoms with E-state index in [0.717, 1.165) is 22.6 Å². The lowest BCUT2D eigenvalue weighted by Crippen LogP contribution is -2.04. The molecule has 0 spiro atoms. The van der Waals surface area contributed by atoms with E-state index in [1.54, 1.807) is 7.11 Å². The lowest BCUT2D eigenvalue weighted by Gasteiger charge is -2.14. The monoisotopic (exact) mass is 271 g/mol. The van der Waals surface area contributed by atoms with Crippen LogP contribution in [0.25, 0.3) is 0 Å². The van der Waals surface area contributed by atoms with Gasteiger partial charge in [-0.1, -0.05) is 41.5 Å². The average Bonchev–Trinajstić information content (AvgIpc) is 2.43. The van der Waals surface area contributed by atoms with E-state index in [0.29, 0.717) is 13.2 Å². The van der Waals surface area contributed by atoms with Gasteiger partial charge in [-0.15, -0.1) is 0 Å². The molecule has 0 saturated heterocycles. The Bertz CT molecular complexity index is 551. The van der Waals surface area contributed by atoms with Crippen molar-refractivity contribution in [3.05, 3.63) is 58.7 Å². The van der Waals surface area contributed by atoms with Gasteiger partial charge in [-0.05, 0) is 25.5 Å². The number of nitrogens with two attached hydrogens (primary N) is 1. The van der Waals surface area contributed by atoms with Gasteiger partial charge in [0.1, 0.15) is 6.61 Å². The smallest absolute Gasteiger partial charge is 0.166 e. The van der Waals surface area contributed by atoms with E-state index >= 15 is 0 Å². The standard InChI is InChI=1S/C17H21NO2/c1-12-7-13(2)9-14(8-12)11-20-17-15(10-18)5-4-6-16(17)19-3/h4-9H,10-11,18H2,1-3H3. The number of hydrogen-bond donors (Lipinski definition) is 1. The van der Waals surface area contributed by atoms with Gasteiger partial charge in [-0.2, -0.15) is 0 Å². The molecule has 0 aromatic heterocycles. The number of hydrogen-bond acceptors (Lipinski definition) is 3. The third kappa shape index (κ3) is 3.31. The zero-order valence-electron chi connectivity index (χ0n) is 12.3. The maximum Gasteiger partial charge on any atom is 0.166 e. The Labute approximate surface area is 120 Å². The maximum atomic E-state index is 5.94. The van der Waals surface area contributed by atoms with E-state index in [-0.39, 0.29) is 0 Å². The van der Waals surface area contributed by atoms with Crippen LogP contribution in [0.15, 0.2) is 36.4 Å². The van der Waals surface area contributed by atoms with Gasteiger partial charge in [0.15, 0.2) is 11.5 Å². The Morgan fingerprint density at radius 1 is 1.05 bits per heavy atom. The van der Waals surface area contributed by atoms with Crippen molar-refractivity contribution in [1.82, 2.24) is 0 Å². The SMILES string of the molecule is COc1cccc(CN)c1OCc1cc(C)cc(C)c1.